The lowest BCUT2D eigenvalue weighted by molar-refractivity contribution is 0.0645. The zero-order valence-corrected chi connectivity index (χ0v) is 11.2. The normalized spacial score (nSPS) is 36.6. The Balaban J connectivity index is 2.01. The lowest BCUT2D eigenvalue weighted by atomic mass is 9.93. The fourth-order valence-corrected chi connectivity index (χ4v) is 3.94. The number of nitrogens with one attached hydrogen (secondary N) is 1. The van der Waals surface area contributed by atoms with Crippen LogP contribution >= 0.6 is 0 Å². The van der Waals surface area contributed by atoms with Crippen LogP contribution in [0.5, 0.6) is 0 Å². The molecule has 94 valence electrons. The van der Waals surface area contributed by atoms with Crippen LogP contribution in [0.3, 0.4) is 0 Å². The van der Waals surface area contributed by atoms with Gasteiger partial charge in [0.2, 0.25) is 0 Å². The Bertz CT molecular complexity index is 203. The number of piperidine rings is 1. The lowest BCUT2D eigenvalue weighted by Crippen LogP contribution is -2.52. The number of hydrogen-bond acceptors (Lipinski definition) is 2. The highest BCUT2D eigenvalue weighted by Crippen LogP contribution is 2.38. The molecule has 2 saturated heterocycles. The third-order valence-corrected chi connectivity index (χ3v) is 4.71. The van der Waals surface area contributed by atoms with Gasteiger partial charge >= 0.3 is 0 Å². The average molecular weight is 224 g/mol. The van der Waals surface area contributed by atoms with E-state index in [9.17, 15) is 0 Å². The molecule has 2 heterocycles. The van der Waals surface area contributed by atoms with Crippen molar-refractivity contribution in [1.29, 1.82) is 0 Å². The van der Waals surface area contributed by atoms with Gasteiger partial charge in [0.1, 0.15) is 0 Å². The van der Waals surface area contributed by atoms with E-state index in [1.165, 1.54) is 44.9 Å². The Morgan fingerprint density at radius 1 is 1.19 bits per heavy atom. The summed E-state index contributed by atoms with van der Waals surface area (Å²) in [6.07, 6.45) is 9.73. The van der Waals surface area contributed by atoms with Gasteiger partial charge in [-0.05, 0) is 45.6 Å². The van der Waals surface area contributed by atoms with Crippen molar-refractivity contribution >= 4 is 0 Å². The molecular weight excluding hydrogens is 196 g/mol. The maximum atomic E-state index is 3.49. The molecule has 2 bridgehead atoms. The van der Waals surface area contributed by atoms with Crippen molar-refractivity contribution in [3.8, 4) is 0 Å². The molecule has 2 rings (SSSR count). The van der Waals surface area contributed by atoms with Gasteiger partial charge in [-0.2, -0.15) is 0 Å². The van der Waals surface area contributed by atoms with Crippen LogP contribution in [0, 0.1) is 0 Å². The number of rotatable bonds is 5. The maximum Gasteiger partial charge on any atom is 0.0116 e. The second kappa shape index (κ2) is 5.50. The highest BCUT2D eigenvalue weighted by molar-refractivity contribution is 4.99. The quantitative estimate of drug-likeness (QED) is 0.772. The molecule has 3 unspecified atom stereocenters. The Morgan fingerprint density at radius 2 is 1.81 bits per heavy atom. The fraction of sp³-hybridized carbons (Fsp3) is 1.00. The lowest BCUT2D eigenvalue weighted by Gasteiger charge is -2.43. The van der Waals surface area contributed by atoms with E-state index in [0.717, 1.165) is 24.2 Å². The molecule has 0 amide bonds. The predicted molar refractivity (Wildman–Crippen MR) is 69.7 cm³/mol. The minimum absolute atomic E-state index is 0.785. The van der Waals surface area contributed by atoms with E-state index in [4.69, 9.17) is 0 Å². The third-order valence-electron chi connectivity index (χ3n) is 4.71. The molecular formula is C14H28N2. The topological polar surface area (TPSA) is 15.3 Å². The van der Waals surface area contributed by atoms with Crippen LogP contribution in [0.4, 0.5) is 0 Å². The smallest absolute Gasteiger partial charge is 0.0116 e. The van der Waals surface area contributed by atoms with E-state index in [2.05, 4.69) is 31.1 Å². The monoisotopic (exact) mass is 224 g/mol. The van der Waals surface area contributed by atoms with Gasteiger partial charge in [0.15, 0.2) is 0 Å². The van der Waals surface area contributed by atoms with E-state index < -0.39 is 0 Å². The average Bonchev–Trinajstić information content (AvgIpc) is 2.57. The number of fused-ring (bicyclic) bond motifs is 2. The molecule has 0 aromatic rings. The summed E-state index contributed by atoms with van der Waals surface area (Å²) in [5.74, 6) is 0. The van der Waals surface area contributed by atoms with Crippen molar-refractivity contribution in [2.45, 2.75) is 83.0 Å². The molecule has 2 aliphatic rings. The van der Waals surface area contributed by atoms with E-state index >= 15 is 0 Å². The molecule has 2 fully saturated rings. The SMILES string of the molecule is CCCC(CC)N1C2CCC1CC(NC)C2. The van der Waals surface area contributed by atoms with Crippen LogP contribution in [0.2, 0.25) is 0 Å². The number of nitrogens with zero attached hydrogens (tertiary/aromatic N) is 1. The van der Waals surface area contributed by atoms with Crippen molar-refractivity contribution in [1.82, 2.24) is 10.2 Å². The van der Waals surface area contributed by atoms with Gasteiger partial charge in [0.05, 0.1) is 0 Å². The molecule has 0 radical (unpaired) electrons. The molecule has 2 aliphatic heterocycles. The Morgan fingerprint density at radius 3 is 2.25 bits per heavy atom. The predicted octanol–water partition coefficient (Wildman–Crippen LogP) is 2.78. The van der Waals surface area contributed by atoms with Crippen LogP contribution in [-0.4, -0.2) is 36.1 Å². The van der Waals surface area contributed by atoms with Gasteiger partial charge in [-0.3, -0.25) is 4.90 Å². The summed E-state index contributed by atoms with van der Waals surface area (Å²) in [6.45, 7) is 4.69. The minimum atomic E-state index is 0.785. The first kappa shape index (κ1) is 12.4. The second-order valence-corrected chi connectivity index (χ2v) is 5.64. The first-order chi connectivity index (χ1) is 7.80. The summed E-state index contributed by atoms with van der Waals surface area (Å²) in [6, 6.07) is 3.41. The Labute approximate surface area is 101 Å². The fourth-order valence-electron chi connectivity index (χ4n) is 3.94. The molecule has 0 spiro atoms. The van der Waals surface area contributed by atoms with Gasteiger partial charge < -0.3 is 5.32 Å². The summed E-state index contributed by atoms with van der Waals surface area (Å²) in [5.41, 5.74) is 0. The summed E-state index contributed by atoms with van der Waals surface area (Å²) >= 11 is 0. The van der Waals surface area contributed by atoms with Gasteiger partial charge in [-0.15, -0.1) is 0 Å². The Kier molecular flexibility index (Phi) is 4.26. The molecule has 16 heavy (non-hydrogen) atoms. The molecule has 2 heteroatoms. The maximum absolute atomic E-state index is 3.49. The number of hydrogen-bond donors (Lipinski definition) is 1. The zero-order chi connectivity index (χ0) is 11.5. The highest BCUT2D eigenvalue weighted by atomic mass is 15.3. The Hall–Kier alpha value is -0.0800. The molecule has 3 atom stereocenters. The highest BCUT2D eigenvalue weighted by Gasteiger charge is 2.42. The van der Waals surface area contributed by atoms with E-state index in [1.807, 2.05) is 0 Å². The van der Waals surface area contributed by atoms with E-state index in [-0.39, 0.29) is 0 Å². The molecule has 0 aromatic heterocycles. The van der Waals surface area contributed by atoms with Gasteiger partial charge in [-0.1, -0.05) is 20.3 Å². The van der Waals surface area contributed by atoms with Crippen molar-refractivity contribution in [2.75, 3.05) is 7.05 Å². The van der Waals surface area contributed by atoms with Crippen molar-refractivity contribution < 1.29 is 0 Å². The largest absolute Gasteiger partial charge is 0.317 e. The zero-order valence-electron chi connectivity index (χ0n) is 11.2. The van der Waals surface area contributed by atoms with Crippen LogP contribution in [0.15, 0.2) is 0 Å². The van der Waals surface area contributed by atoms with E-state index in [0.29, 0.717) is 0 Å². The van der Waals surface area contributed by atoms with Crippen LogP contribution < -0.4 is 5.32 Å². The molecule has 1 N–H and O–H groups in total. The third kappa shape index (κ3) is 2.28. The summed E-state index contributed by atoms with van der Waals surface area (Å²) in [5, 5.41) is 3.49. The molecule has 2 nitrogen and oxygen atoms in total. The molecule has 0 aromatic carbocycles. The second-order valence-electron chi connectivity index (χ2n) is 5.64. The van der Waals surface area contributed by atoms with Crippen LogP contribution in [-0.2, 0) is 0 Å². The summed E-state index contributed by atoms with van der Waals surface area (Å²) in [4.78, 5) is 2.89. The van der Waals surface area contributed by atoms with Crippen molar-refractivity contribution in [3.05, 3.63) is 0 Å². The first-order valence-corrected chi connectivity index (χ1v) is 7.24. The van der Waals surface area contributed by atoms with Gasteiger partial charge in [0, 0.05) is 24.2 Å². The minimum Gasteiger partial charge on any atom is -0.317 e. The molecule has 0 saturated carbocycles. The van der Waals surface area contributed by atoms with Crippen molar-refractivity contribution in [2.24, 2.45) is 0 Å². The molecule has 0 aliphatic carbocycles. The van der Waals surface area contributed by atoms with E-state index in [1.54, 1.807) is 0 Å². The first-order valence-electron chi connectivity index (χ1n) is 7.24. The van der Waals surface area contributed by atoms with Gasteiger partial charge in [0.25, 0.3) is 0 Å². The summed E-state index contributed by atoms with van der Waals surface area (Å²) < 4.78 is 0. The standard InChI is InChI=1S/C14H28N2/c1-4-6-12(5-2)16-13-7-8-14(16)10-11(9-13)15-3/h11-15H,4-10H2,1-3H3. The van der Waals surface area contributed by atoms with Crippen LogP contribution in [0.1, 0.15) is 58.8 Å². The van der Waals surface area contributed by atoms with Gasteiger partial charge in [-0.25, -0.2) is 0 Å². The summed E-state index contributed by atoms with van der Waals surface area (Å²) in [7, 11) is 2.13. The van der Waals surface area contributed by atoms with Crippen molar-refractivity contribution in [3.63, 3.8) is 0 Å². The van der Waals surface area contributed by atoms with Crippen LogP contribution in [0.25, 0.3) is 0 Å².